The fraction of sp³-hybridized carbons (Fsp3) is 0.515. The Hall–Kier alpha value is -3.60. The number of quaternary nitrogens is 1. The summed E-state index contributed by atoms with van der Waals surface area (Å²) in [5.74, 6) is -2.53. The van der Waals surface area contributed by atoms with Gasteiger partial charge in [-0.1, -0.05) is 86.8 Å². The van der Waals surface area contributed by atoms with Crippen molar-refractivity contribution in [3.63, 3.8) is 0 Å². The first-order chi connectivity index (χ1) is 20.6. The molecule has 1 aliphatic rings. The molecule has 1 fully saturated rings. The second kappa shape index (κ2) is 16.3. The Labute approximate surface area is 254 Å². The molecular formula is C33H46N3O7+. The Bertz CT molecular complexity index is 1200. The highest BCUT2D eigenvalue weighted by Crippen LogP contribution is 2.30. The standard InChI is InChI=1S/C33H45N3O7/c1-5-6-9-18-27(21-29(37)35-42-24-26-16-12-8-13-17-26)30(38)36(32(40)43-33(2,3)4)20-19-34-22-28(36)31(39)41-23-25-14-10-7-11-15-25/h7-8,10-17,27-28,34H,5-6,9,18-24H2,1-4H3/p+1/t27-,28?,36-/m0/s1. The lowest BCUT2D eigenvalue weighted by Gasteiger charge is -2.42. The quantitative estimate of drug-likeness (QED) is 0.146. The van der Waals surface area contributed by atoms with Crippen LogP contribution >= 0.6 is 0 Å². The summed E-state index contributed by atoms with van der Waals surface area (Å²) in [4.78, 5) is 60.6. The van der Waals surface area contributed by atoms with E-state index in [1.165, 1.54) is 0 Å². The largest absolute Gasteiger partial charge is 0.524 e. The van der Waals surface area contributed by atoms with Gasteiger partial charge >= 0.3 is 18.0 Å². The molecule has 234 valence electrons. The van der Waals surface area contributed by atoms with E-state index in [4.69, 9.17) is 14.3 Å². The van der Waals surface area contributed by atoms with Gasteiger partial charge in [0.15, 0.2) is 0 Å². The van der Waals surface area contributed by atoms with Crippen LogP contribution in [0.3, 0.4) is 0 Å². The number of benzene rings is 2. The second-order valence-electron chi connectivity index (χ2n) is 11.9. The van der Waals surface area contributed by atoms with Crippen molar-refractivity contribution in [2.75, 3.05) is 19.6 Å². The number of unbranched alkanes of at least 4 members (excludes halogenated alkanes) is 2. The molecule has 0 radical (unpaired) electrons. The fourth-order valence-corrected chi connectivity index (χ4v) is 5.13. The summed E-state index contributed by atoms with van der Waals surface area (Å²) in [7, 11) is 0. The maximum atomic E-state index is 14.6. The molecule has 0 aliphatic carbocycles. The minimum absolute atomic E-state index is 0.000228. The molecule has 1 aliphatic heterocycles. The molecule has 1 saturated heterocycles. The van der Waals surface area contributed by atoms with Crippen LogP contribution in [-0.4, -0.2) is 59.6 Å². The summed E-state index contributed by atoms with van der Waals surface area (Å²) >= 11 is 0. The van der Waals surface area contributed by atoms with Gasteiger partial charge < -0.3 is 14.8 Å². The summed E-state index contributed by atoms with van der Waals surface area (Å²) in [5.41, 5.74) is 3.20. The maximum Gasteiger partial charge on any atom is 0.524 e. The average molecular weight is 597 g/mol. The Morgan fingerprint density at radius 1 is 0.953 bits per heavy atom. The Kier molecular flexibility index (Phi) is 12.9. The predicted octanol–water partition coefficient (Wildman–Crippen LogP) is 4.81. The molecule has 3 rings (SSSR count). The minimum Gasteiger partial charge on any atom is -0.456 e. The number of hydrogen-bond acceptors (Lipinski definition) is 8. The van der Waals surface area contributed by atoms with Crippen molar-refractivity contribution in [3.05, 3.63) is 71.8 Å². The Morgan fingerprint density at radius 2 is 1.58 bits per heavy atom. The van der Waals surface area contributed by atoms with Gasteiger partial charge in [-0.25, -0.2) is 15.1 Å². The molecule has 1 heterocycles. The van der Waals surface area contributed by atoms with Crippen LogP contribution in [0, 0.1) is 5.92 Å². The second-order valence-corrected chi connectivity index (χ2v) is 11.9. The van der Waals surface area contributed by atoms with Gasteiger partial charge in [0.1, 0.15) is 18.8 Å². The minimum atomic E-state index is -1.18. The van der Waals surface area contributed by atoms with Crippen LogP contribution < -0.4 is 10.8 Å². The number of esters is 1. The zero-order valence-corrected chi connectivity index (χ0v) is 25.8. The summed E-state index contributed by atoms with van der Waals surface area (Å²) in [6.45, 7) is 7.71. The third kappa shape index (κ3) is 9.98. The number of amides is 3. The van der Waals surface area contributed by atoms with E-state index in [2.05, 4.69) is 10.8 Å². The number of rotatable bonds is 13. The molecule has 3 atom stereocenters. The highest BCUT2D eigenvalue weighted by Gasteiger charge is 2.60. The monoisotopic (exact) mass is 596 g/mol. The first-order valence-electron chi connectivity index (χ1n) is 15.1. The van der Waals surface area contributed by atoms with Gasteiger partial charge in [0.25, 0.3) is 0 Å². The number of carbonyl (C=O) groups excluding carboxylic acids is 4. The van der Waals surface area contributed by atoms with E-state index in [1.807, 2.05) is 67.6 Å². The van der Waals surface area contributed by atoms with Crippen molar-refractivity contribution in [1.29, 1.82) is 0 Å². The van der Waals surface area contributed by atoms with E-state index >= 15 is 0 Å². The third-order valence-electron chi connectivity index (χ3n) is 7.32. The molecular weight excluding hydrogens is 550 g/mol. The van der Waals surface area contributed by atoms with E-state index in [1.54, 1.807) is 20.8 Å². The van der Waals surface area contributed by atoms with Crippen LogP contribution in [0.15, 0.2) is 60.7 Å². The van der Waals surface area contributed by atoms with Crippen molar-refractivity contribution in [3.8, 4) is 0 Å². The molecule has 1 unspecified atom stereocenters. The number of ether oxygens (including phenoxy) is 2. The van der Waals surface area contributed by atoms with E-state index in [9.17, 15) is 19.2 Å². The maximum absolute atomic E-state index is 14.6. The van der Waals surface area contributed by atoms with Crippen LogP contribution in [0.5, 0.6) is 0 Å². The summed E-state index contributed by atoms with van der Waals surface area (Å²) < 4.78 is 10.6. The molecule has 0 bridgehead atoms. The van der Waals surface area contributed by atoms with Crippen molar-refractivity contribution in [2.24, 2.45) is 5.92 Å². The topological polar surface area (TPSA) is 120 Å². The van der Waals surface area contributed by atoms with Crippen molar-refractivity contribution >= 4 is 23.9 Å². The van der Waals surface area contributed by atoms with Gasteiger partial charge in [0.05, 0.1) is 19.1 Å². The summed E-state index contributed by atoms with van der Waals surface area (Å²) in [5, 5.41) is 3.14. The highest BCUT2D eigenvalue weighted by atomic mass is 16.6. The van der Waals surface area contributed by atoms with E-state index in [0.29, 0.717) is 19.4 Å². The molecule has 3 amide bonds. The lowest BCUT2D eigenvalue weighted by molar-refractivity contribution is -0.806. The Balaban J connectivity index is 1.87. The zero-order valence-electron chi connectivity index (χ0n) is 25.8. The summed E-state index contributed by atoms with van der Waals surface area (Å²) in [6.07, 6.45) is 1.81. The normalized spacial score (nSPS) is 19.2. The first-order valence-corrected chi connectivity index (χ1v) is 15.1. The molecule has 43 heavy (non-hydrogen) atoms. The van der Waals surface area contributed by atoms with Gasteiger partial charge in [-0.3, -0.25) is 9.63 Å². The molecule has 10 nitrogen and oxygen atoms in total. The first kappa shape index (κ1) is 33.9. The SMILES string of the molecule is CCCCC[C@@H](CC(=O)NOCc1ccccc1)C(=O)[N@+]1(C(=O)OC(C)(C)C)CCNCC1C(=O)OCc1ccccc1. The van der Waals surface area contributed by atoms with Crippen molar-refractivity contribution < 1.29 is 38.0 Å². The van der Waals surface area contributed by atoms with E-state index < -0.39 is 45.9 Å². The van der Waals surface area contributed by atoms with E-state index in [0.717, 1.165) is 24.0 Å². The molecule has 2 aromatic rings. The molecule has 2 N–H and O–H groups in total. The zero-order chi connectivity index (χ0) is 31.3. The van der Waals surface area contributed by atoms with Crippen LogP contribution in [0.4, 0.5) is 4.79 Å². The molecule has 0 saturated carbocycles. The summed E-state index contributed by atoms with van der Waals surface area (Å²) in [6, 6.07) is 17.4. The molecule has 0 spiro atoms. The molecule has 0 aromatic heterocycles. The van der Waals surface area contributed by atoms with Crippen LogP contribution in [0.1, 0.15) is 70.9 Å². The lowest BCUT2D eigenvalue weighted by Crippen LogP contribution is -2.74. The number of carbonyl (C=O) groups is 4. The number of piperazine rings is 1. The van der Waals surface area contributed by atoms with Crippen molar-refractivity contribution in [2.45, 2.75) is 84.7 Å². The van der Waals surface area contributed by atoms with Gasteiger partial charge in [-0.15, -0.1) is 4.48 Å². The van der Waals surface area contributed by atoms with Gasteiger partial charge in [-0.2, -0.15) is 4.79 Å². The van der Waals surface area contributed by atoms with Crippen LogP contribution in [0.25, 0.3) is 0 Å². The lowest BCUT2D eigenvalue weighted by atomic mass is 9.93. The predicted molar refractivity (Wildman–Crippen MR) is 161 cm³/mol. The van der Waals surface area contributed by atoms with Gasteiger partial charge in [0.2, 0.25) is 11.9 Å². The molecule has 10 heteroatoms. The van der Waals surface area contributed by atoms with Gasteiger partial charge in [-0.05, 0) is 38.3 Å². The average Bonchev–Trinajstić information content (AvgIpc) is 2.99. The number of hydroxylamine groups is 1. The van der Waals surface area contributed by atoms with Crippen molar-refractivity contribution in [1.82, 2.24) is 10.8 Å². The van der Waals surface area contributed by atoms with Crippen LogP contribution in [-0.2, 0) is 41.9 Å². The third-order valence-corrected chi connectivity index (χ3v) is 7.32. The van der Waals surface area contributed by atoms with Gasteiger partial charge in [0, 0.05) is 13.0 Å². The number of hydrogen-bond donors (Lipinski definition) is 2. The molecule has 2 aromatic carbocycles. The number of nitrogens with one attached hydrogen (secondary N) is 2. The number of imide groups is 1. The smallest absolute Gasteiger partial charge is 0.456 e. The Morgan fingerprint density at radius 3 is 2.19 bits per heavy atom. The highest BCUT2D eigenvalue weighted by molar-refractivity contribution is 5.90. The number of nitrogens with zero attached hydrogens (tertiary/aromatic N) is 1. The van der Waals surface area contributed by atoms with Crippen LogP contribution in [0.2, 0.25) is 0 Å². The van der Waals surface area contributed by atoms with E-state index in [-0.39, 0.29) is 32.7 Å². The fourth-order valence-electron chi connectivity index (χ4n) is 5.13.